The highest BCUT2D eigenvalue weighted by molar-refractivity contribution is 5.73. The Bertz CT molecular complexity index is 297. The first-order valence-electron chi connectivity index (χ1n) is 4.31. The molecular weight excluding hydrogens is 166 g/mol. The molecule has 1 N–H and O–H groups in total. The molecule has 13 heavy (non-hydrogen) atoms. The summed E-state index contributed by atoms with van der Waals surface area (Å²) in [7, 11) is 0. The topological polar surface area (TPSA) is 41.2 Å². The zero-order valence-electron chi connectivity index (χ0n) is 7.73. The van der Waals surface area contributed by atoms with Gasteiger partial charge in [0.1, 0.15) is 0 Å². The van der Waals surface area contributed by atoms with Crippen molar-refractivity contribution in [3.05, 3.63) is 30.1 Å². The van der Waals surface area contributed by atoms with Gasteiger partial charge in [-0.1, -0.05) is 6.07 Å². The number of hydrogen-bond donors (Lipinski definition) is 1. The fraction of sp³-hybridized carbons (Fsp3) is 0.400. The second-order valence-corrected chi connectivity index (χ2v) is 3.00. The van der Waals surface area contributed by atoms with Gasteiger partial charge >= 0.3 is 0 Å². The van der Waals surface area contributed by atoms with Gasteiger partial charge < -0.3 is 5.11 Å². The average molecular weight is 180 g/mol. The van der Waals surface area contributed by atoms with Gasteiger partial charge in [-0.25, -0.2) is 0 Å². The largest absolute Gasteiger partial charge is 0.396 e. The third-order valence-electron chi connectivity index (χ3n) is 1.80. The second kappa shape index (κ2) is 4.72. The van der Waals surface area contributed by atoms with Gasteiger partial charge in [-0.15, -0.1) is 0 Å². The van der Waals surface area contributed by atoms with Crippen molar-refractivity contribution in [2.24, 2.45) is 0 Å². The van der Waals surface area contributed by atoms with E-state index >= 15 is 0 Å². The Balaban J connectivity index is 2.84. The van der Waals surface area contributed by atoms with Crippen molar-refractivity contribution in [3.63, 3.8) is 0 Å². The molecule has 0 radical (unpaired) electrons. The molecule has 0 aliphatic carbocycles. The van der Waals surface area contributed by atoms with Crippen LogP contribution in [-0.2, 0) is 17.8 Å². The Kier molecular flexibility index (Phi) is 3.58. The van der Waals surface area contributed by atoms with Crippen LogP contribution >= 0.6 is 0 Å². The van der Waals surface area contributed by atoms with Gasteiger partial charge in [0.25, 0.3) is 0 Å². The van der Waals surface area contributed by atoms with E-state index in [2.05, 4.69) is 0 Å². The van der Waals surface area contributed by atoms with E-state index in [-0.39, 0.29) is 12.4 Å². The first-order valence-corrected chi connectivity index (χ1v) is 4.31. The molecule has 3 heteroatoms. The van der Waals surface area contributed by atoms with E-state index in [1.165, 1.54) is 0 Å². The lowest BCUT2D eigenvalue weighted by atomic mass is 10.2. The highest BCUT2D eigenvalue weighted by atomic mass is 16.3. The molecule has 0 spiro atoms. The van der Waals surface area contributed by atoms with Crippen LogP contribution in [0.25, 0.3) is 0 Å². The molecule has 1 aromatic heterocycles. The highest BCUT2D eigenvalue weighted by Gasteiger charge is 2.10. The van der Waals surface area contributed by atoms with Crippen molar-refractivity contribution in [2.45, 2.75) is 19.9 Å². The molecule has 0 aromatic carbocycles. The molecule has 0 aliphatic heterocycles. The third kappa shape index (κ3) is 2.95. The number of carbonyl (C=O) groups is 1. The molecule has 0 amide bonds. The number of hydrogen-bond acceptors (Lipinski definition) is 2. The predicted octanol–water partition coefficient (Wildman–Crippen LogP) is 0.0979. The molecule has 0 fully saturated rings. The molecule has 0 saturated heterocycles. The zero-order valence-corrected chi connectivity index (χ0v) is 7.73. The maximum atomic E-state index is 10.9. The van der Waals surface area contributed by atoms with Gasteiger partial charge in [-0.05, 0) is 0 Å². The van der Waals surface area contributed by atoms with Crippen molar-refractivity contribution in [2.75, 3.05) is 6.61 Å². The van der Waals surface area contributed by atoms with Gasteiger partial charge in [0.15, 0.2) is 17.7 Å². The van der Waals surface area contributed by atoms with E-state index in [0.29, 0.717) is 13.0 Å². The molecule has 0 unspecified atom stereocenters. The van der Waals surface area contributed by atoms with Gasteiger partial charge in [0.05, 0.1) is 13.0 Å². The van der Waals surface area contributed by atoms with E-state index < -0.39 is 0 Å². The maximum Gasteiger partial charge on any atom is 0.206 e. The Morgan fingerprint density at radius 2 is 2.31 bits per heavy atom. The van der Waals surface area contributed by atoms with Crippen LogP contribution in [0.5, 0.6) is 0 Å². The number of aliphatic hydroxyl groups excluding tert-OH is 1. The van der Waals surface area contributed by atoms with Gasteiger partial charge in [0, 0.05) is 19.1 Å². The lowest BCUT2D eigenvalue weighted by molar-refractivity contribution is -0.691. The normalized spacial score (nSPS) is 10.0. The van der Waals surface area contributed by atoms with Crippen LogP contribution in [0.3, 0.4) is 0 Å². The number of aromatic nitrogens is 1. The fourth-order valence-electron chi connectivity index (χ4n) is 1.25. The molecule has 0 bridgehead atoms. The highest BCUT2D eigenvalue weighted by Crippen LogP contribution is 1.92. The smallest absolute Gasteiger partial charge is 0.206 e. The van der Waals surface area contributed by atoms with E-state index in [0.717, 1.165) is 5.69 Å². The Morgan fingerprint density at radius 3 is 2.92 bits per heavy atom. The molecule has 1 rings (SSSR count). The summed E-state index contributed by atoms with van der Waals surface area (Å²) in [5.41, 5.74) is 0.986. The number of carbonyl (C=O) groups excluding carboxylic acids is 1. The average Bonchev–Trinajstić information content (AvgIpc) is 2.08. The minimum Gasteiger partial charge on any atom is -0.396 e. The van der Waals surface area contributed by atoms with Crippen molar-refractivity contribution in [1.29, 1.82) is 0 Å². The van der Waals surface area contributed by atoms with Crippen molar-refractivity contribution in [3.8, 4) is 0 Å². The van der Waals surface area contributed by atoms with E-state index in [9.17, 15) is 4.79 Å². The standard InChI is InChI=1S/C10H14NO2/c1-9(13)8-11-6-3-2-4-10(11)5-7-12/h2-4,6,12H,5,7-8H2,1H3/q+1. The summed E-state index contributed by atoms with van der Waals surface area (Å²) in [6, 6.07) is 5.70. The van der Waals surface area contributed by atoms with Crippen LogP contribution in [0, 0.1) is 0 Å². The SMILES string of the molecule is CC(=O)C[n+]1ccccc1CCO. The first-order chi connectivity index (χ1) is 6.24. The van der Waals surface area contributed by atoms with E-state index in [1.807, 2.05) is 29.0 Å². The molecular formula is C10H14NO2+. The van der Waals surface area contributed by atoms with Crippen LogP contribution in [0.2, 0.25) is 0 Å². The number of nitrogens with zero attached hydrogens (tertiary/aromatic N) is 1. The molecule has 0 aliphatic rings. The summed E-state index contributed by atoms with van der Waals surface area (Å²) < 4.78 is 1.86. The maximum absolute atomic E-state index is 10.9. The molecule has 0 atom stereocenters. The minimum atomic E-state index is 0.113. The number of rotatable bonds is 4. The van der Waals surface area contributed by atoms with Crippen LogP contribution in [0.1, 0.15) is 12.6 Å². The van der Waals surface area contributed by atoms with E-state index in [1.54, 1.807) is 6.92 Å². The van der Waals surface area contributed by atoms with Crippen molar-refractivity contribution >= 4 is 5.78 Å². The predicted molar refractivity (Wildman–Crippen MR) is 48.1 cm³/mol. The zero-order chi connectivity index (χ0) is 9.68. The summed E-state index contributed by atoms with van der Waals surface area (Å²) in [5, 5.41) is 8.78. The number of Topliss-reactive ketones (excluding diaryl/α,β-unsaturated/α-hetero) is 1. The summed E-state index contributed by atoms with van der Waals surface area (Å²) in [5.74, 6) is 0.121. The van der Waals surface area contributed by atoms with E-state index in [4.69, 9.17) is 5.11 Å². The quantitative estimate of drug-likeness (QED) is 0.667. The lowest BCUT2D eigenvalue weighted by Gasteiger charge is -1.99. The Morgan fingerprint density at radius 1 is 1.54 bits per heavy atom. The van der Waals surface area contributed by atoms with Gasteiger partial charge in [-0.2, -0.15) is 4.57 Å². The van der Waals surface area contributed by atoms with Crippen LogP contribution in [-0.4, -0.2) is 17.5 Å². The Hall–Kier alpha value is -1.22. The number of pyridine rings is 1. The summed E-state index contributed by atoms with van der Waals surface area (Å²) >= 11 is 0. The number of aliphatic hydroxyl groups is 1. The molecule has 1 aromatic rings. The monoisotopic (exact) mass is 180 g/mol. The summed E-state index contributed by atoms with van der Waals surface area (Å²) in [4.78, 5) is 10.9. The van der Waals surface area contributed by atoms with Gasteiger partial charge in [0.2, 0.25) is 6.54 Å². The third-order valence-corrected chi connectivity index (χ3v) is 1.80. The molecule has 0 saturated carbocycles. The summed E-state index contributed by atoms with van der Waals surface area (Å²) in [6.45, 7) is 2.06. The Labute approximate surface area is 77.6 Å². The second-order valence-electron chi connectivity index (χ2n) is 3.00. The van der Waals surface area contributed by atoms with Crippen LogP contribution in [0.4, 0.5) is 0 Å². The van der Waals surface area contributed by atoms with Crippen molar-refractivity contribution < 1.29 is 14.5 Å². The first kappa shape index (κ1) is 9.86. The number of ketones is 1. The molecule has 70 valence electrons. The van der Waals surface area contributed by atoms with Crippen LogP contribution in [0.15, 0.2) is 24.4 Å². The van der Waals surface area contributed by atoms with Gasteiger partial charge in [-0.3, -0.25) is 4.79 Å². The molecule has 1 heterocycles. The fourth-order valence-corrected chi connectivity index (χ4v) is 1.25. The summed E-state index contributed by atoms with van der Waals surface area (Å²) in [6.07, 6.45) is 2.44. The molecule has 3 nitrogen and oxygen atoms in total. The van der Waals surface area contributed by atoms with Crippen LogP contribution < -0.4 is 4.57 Å². The minimum absolute atomic E-state index is 0.113. The van der Waals surface area contributed by atoms with Crippen molar-refractivity contribution in [1.82, 2.24) is 0 Å². The lowest BCUT2D eigenvalue weighted by Crippen LogP contribution is -2.41.